The van der Waals surface area contributed by atoms with Gasteiger partial charge < -0.3 is 19.7 Å². The summed E-state index contributed by atoms with van der Waals surface area (Å²) in [6.07, 6.45) is 1.09. The number of ether oxygens (including phenoxy) is 2. The van der Waals surface area contributed by atoms with Gasteiger partial charge >= 0.3 is 5.97 Å². The number of aliphatic imine (C=N–C) groups is 1. The molecule has 1 rings (SSSR count). The van der Waals surface area contributed by atoms with E-state index in [1.807, 2.05) is 27.7 Å². The molecule has 22 heavy (non-hydrogen) atoms. The van der Waals surface area contributed by atoms with Gasteiger partial charge in [-0.15, -0.1) is 24.0 Å². The van der Waals surface area contributed by atoms with Crippen molar-refractivity contribution in [1.82, 2.24) is 10.2 Å². The number of rotatable bonds is 5. The summed E-state index contributed by atoms with van der Waals surface area (Å²) in [5, 5.41) is 3.07. The Kier molecular flexibility index (Phi) is 9.99. The van der Waals surface area contributed by atoms with Crippen LogP contribution in [0.2, 0.25) is 0 Å². The van der Waals surface area contributed by atoms with Gasteiger partial charge in [0, 0.05) is 32.7 Å². The van der Waals surface area contributed by atoms with E-state index in [0.29, 0.717) is 5.92 Å². The van der Waals surface area contributed by atoms with Crippen LogP contribution < -0.4 is 5.32 Å². The van der Waals surface area contributed by atoms with E-state index in [1.54, 1.807) is 7.05 Å². The highest BCUT2D eigenvalue weighted by Crippen LogP contribution is 2.16. The number of halogens is 1. The number of nitrogens with one attached hydrogen (secondary N) is 1. The SMILES string of the molecule is CCOCC1CCN(C(=NC)NCC(=O)OC(C)(C)C)C1.I. The number of nitrogens with zero attached hydrogens (tertiary/aromatic N) is 2. The van der Waals surface area contributed by atoms with Crippen LogP contribution in [0.1, 0.15) is 34.1 Å². The zero-order valence-electron chi connectivity index (χ0n) is 14.3. The monoisotopic (exact) mass is 427 g/mol. The summed E-state index contributed by atoms with van der Waals surface area (Å²) < 4.78 is 10.7. The Balaban J connectivity index is 0.00000441. The number of likely N-dealkylation sites (tertiary alicyclic amines) is 1. The number of hydrogen-bond donors (Lipinski definition) is 1. The molecule has 1 saturated heterocycles. The zero-order chi connectivity index (χ0) is 15.9. The van der Waals surface area contributed by atoms with Crippen molar-refractivity contribution in [3.63, 3.8) is 0 Å². The Morgan fingerprint density at radius 3 is 2.64 bits per heavy atom. The number of carbonyl (C=O) groups excluding carboxylic acids is 1. The standard InChI is InChI=1S/C15H29N3O3.HI/c1-6-20-11-12-7-8-18(10-12)14(16-5)17-9-13(19)21-15(2,3)4;/h12H,6-11H2,1-5H3,(H,16,17);1H. The van der Waals surface area contributed by atoms with E-state index in [-0.39, 0.29) is 36.5 Å². The van der Waals surface area contributed by atoms with Gasteiger partial charge in [0.2, 0.25) is 0 Å². The second-order valence-electron chi connectivity index (χ2n) is 6.25. The van der Waals surface area contributed by atoms with Crippen molar-refractivity contribution in [1.29, 1.82) is 0 Å². The van der Waals surface area contributed by atoms with Crippen LogP contribution in [-0.4, -0.2) is 62.3 Å². The highest BCUT2D eigenvalue weighted by atomic mass is 127. The number of guanidine groups is 1. The third kappa shape index (κ3) is 8.17. The van der Waals surface area contributed by atoms with Gasteiger partial charge in [-0.25, -0.2) is 0 Å². The summed E-state index contributed by atoms with van der Waals surface area (Å²) in [5.74, 6) is 1.01. The first-order valence-corrected chi connectivity index (χ1v) is 7.61. The fourth-order valence-corrected chi connectivity index (χ4v) is 2.31. The van der Waals surface area contributed by atoms with Crippen LogP contribution >= 0.6 is 24.0 Å². The lowest BCUT2D eigenvalue weighted by molar-refractivity contribution is -0.153. The molecule has 0 bridgehead atoms. The summed E-state index contributed by atoms with van der Waals surface area (Å²) in [5.41, 5.74) is -0.460. The Morgan fingerprint density at radius 1 is 1.41 bits per heavy atom. The van der Waals surface area contributed by atoms with Gasteiger partial charge in [-0.2, -0.15) is 0 Å². The zero-order valence-corrected chi connectivity index (χ0v) is 16.7. The highest BCUT2D eigenvalue weighted by Gasteiger charge is 2.25. The lowest BCUT2D eigenvalue weighted by atomic mass is 10.1. The Bertz CT molecular complexity index is 370. The predicted molar refractivity (Wildman–Crippen MR) is 98.8 cm³/mol. The van der Waals surface area contributed by atoms with Crippen molar-refractivity contribution in [3.8, 4) is 0 Å². The average molecular weight is 427 g/mol. The molecule has 0 aromatic heterocycles. The molecule has 1 atom stereocenters. The highest BCUT2D eigenvalue weighted by molar-refractivity contribution is 14.0. The predicted octanol–water partition coefficient (Wildman–Crippen LogP) is 1.88. The van der Waals surface area contributed by atoms with Crippen LogP contribution in [0.4, 0.5) is 0 Å². The smallest absolute Gasteiger partial charge is 0.325 e. The number of esters is 1. The maximum absolute atomic E-state index is 11.7. The van der Waals surface area contributed by atoms with E-state index in [1.165, 1.54) is 0 Å². The van der Waals surface area contributed by atoms with E-state index in [0.717, 1.165) is 38.7 Å². The molecule has 0 spiro atoms. The van der Waals surface area contributed by atoms with E-state index >= 15 is 0 Å². The summed E-state index contributed by atoms with van der Waals surface area (Å²) in [6.45, 7) is 11.1. The minimum atomic E-state index is -0.460. The molecular weight excluding hydrogens is 397 g/mol. The first kappa shape index (κ1) is 21.4. The molecule has 130 valence electrons. The lowest BCUT2D eigenvalue weighted by Crippen LogP contribution is -2.43. The van der Waals surface area contributed by atoms with Gasteiger partial charge in [0.05, 0.1) is 6.61 Å². The molecule has 1 N–H and O–H groups in total. The van der Waals surface area contributed by atoms with Crippen molar-refractivity contribution >= 4 is 35.9 Å². The van der Waals surface area contributed by atoms with Crippen LogP contribution in [0.3, 0.4) is 0 Å². The molecule has 0 aromatic carbocycles. The molecular formula is C15H30IN3O3. The van der Waals surface area contributed by atoms with Gasteiger partial charge in [-0.3, -0.25) is 9.79 Å². The van der Waals surface area contributed by atoms with Gasteiger partial charge in [0.25, 0.3) is 0 Å². The van der Waals surface area contributed by atoms with Gasteiger partial charge in [0.1, 0.15) is 12.1 Å². The van der Waals surface area contributed by atoms with Crippen molar-refractivity contribution in [2.24, 2.45) is 10.9 Å². The molecule has 1 fully saturated rings. The Hall–Kier alpha value is -0.570. The summed E-state index contributed by atoms with van der Waals surface area (Å²) in [7, 11) is 1.73. The minimum absolute atomic E-state index is 0. The van der Waals surface area contributed by atoms with E-state index in [9.17, 15) is 4.79 Å². The van der Waals surface area contributed by atoms with Crippen LogP contribution in [-0.2, 0) is 14.3 Å². The Labute approximate surface area is 151 Å². The molecule has 6 nitrogen and oxygen atoms in total. The van der Waals surface area contributed by atoms with Crippen molar-refractivity contribution in [2.75, 3.05) is 39.9 Å². The third-order valence-corrected chi connectivity index (χ3v) is 3.17. The lowest BCUT2D eigenvalue weighted by Gasteiger charge is -2.23. The maximum Gasteiger partial charge on any atom is 0.325 e. The molecule has 1 unspecified atom stereocenters. The van der Waals surface area contributed by atoms with E-state index in [4.69, 9.17) is 9.47 Å². The summed E-state index contributed by atoms with van der Waals surface area (Å²) >= 11 is 0. The normalized spacial score (nSPS) is 18.9. The molecule has 1 aliphatic heterocycles. The van der Waals surface area contributed by atoms with Crippen LogP contribution in [0.5, 0.6) is 0 Å². The van der Waals surface area contributed by atoms with Crippen molar-refractivity contribution < 1.29 is 14.3 Å². The molecule has 0 aromatic rings. The second-order valence-corrected chi connectivity index (χ2v) is 6.25. The fourth-order valence-electron chi connectivity index (χ4n) is 2.31. The molecule has 7 heteroatoms. The van der Waals surface area contributed by atoms with Crippen molar-refractivity contribution in [2.45, 2.75) is 39.7 Å². The Morgan fingerprint density at radius 2 is 2.09 bits per heavy atom. The summed E-state index contributed by atoms with van der Waals surface area (Å²) in [6, 6.07) is 0. The van der Waals surface area contributed by atoms with E-state index in [2.05, 4.69) is 15.2 Å². The first-order valence-electron chi connectivity index (χ1n) is 7.61. The average Bonchev–Trinajstić information content (AvgIpc) is 2.83. The van der Waals surface area contributed by atoms with Crippen LogP contribution in [0.15, 0.2) is 4.99 Å². The quantitative estimate of drug-likeness (QED) is 0.314. The second kappa shape index (κ2) is 10.3. The minimum Gasteiger partial charge on any atom is -0.459 e. The first-order chi connectivity index (χ1) is 9.85. The fraction of sp³-hybridized carbons (Fsp3) is 0.867. The molecule has 0 amide bonds. The van der Waals surface area contributed by atoms with Crippen LogP contribution in [0.25, 0.3) is 0 Å². The van der Waals surface area contributed by atoms with Crippen molar-refractivity contribution in [3.05, 3.63) is 0 Å². The maximum atomic E-state index is 11.7. The van der Waals surface area contributed by atoms with Gasteiger partial charge in [-0.05, 0) is 34.1 Å². The van der Waals surface area contributed by atoms with Crippen LogP contribution in [0, 0.1) is 5.92 Å². The van der Waals surface area contributed by atoms with Gasteiger partial charge in [-0.1, -0.05) is 0 Å². The molecule has 0 aliphatic carbocycles. The van der Waals surface area contributed by atoms with E-state index < -0.39 is 5.60 Å². The number of hydrogen-bond acceptors (Lipinski definition) is 4. The molecule has 0 radical (unpaired) electrons. The third-order valence-electron chi connectivity index (χ3n) is 3.17. The molecule has 0 saturated carbocycles. The topological polar surface area (TPSA) is 63.2 Å². The number of carbonyl (C=O) groups is 1. The molecule has 1 aliphatic rings. The summed E-state index contributed by atoms with van der Waals surface area (Å²) in [4.78, 5) is 18.1. The largest absolute Gasteiger partial charge is 0.459 e. The van der Waals surface area contributed by atoms with Gasteiger partial charge in [0.15, 0.2) is 5.96 Å². The molecule has 1 heterocycles.